The predicted octanol–water partition coefficient (Wildman–Crippen LogP) is 3.87. The number of rotatable bonds is 3. The van der Waals surface area contributed by atoms with Crippen LogP contribution in [0.15, 0.2) is 66.4 Å². The van der Waals surface area contributed by atoms with Gasteiger partial charge in [0.2, 0.25) is 0 Å². The number of methoxy groups -OCH3 is 1. The molecule has 1 unspecified atom stereocenters. The molecule has 0 saturated carbocycles. The molecule has 1 aliphatic rings. The number of ether oxygens (including phenoxy) is 2. The Morgan fingerprint density at radius 1 is 1.00 bits per heavy atom. The molecule has 0 saturated heterocycles. The molecule has 0 N–H and O–H groups in total. The normalized spacial score (nSPS) is 17.9. The third-order valence-electron chi connectivity index (χ3n) is 3.58. The molecule has 0 amide bonds. The topological polar surface area (TPSA) is 35.5 Å². The van der Waals surface area contributed by atoms with Crippen LogP contribution in [0.1, 0.15) is 18.1 Å². The molecule has 2 aromatic carbocycles. The van der Waals surface area contributed by atoms with E-state index in [1.54, 1.807) is 7.11 Å². The molecule has 0 bridgehead atoms. The summed E-state index contributed by atoms with van der Waals surface area (Å²) in [5.41, 5.74) is 3.29. The lowest BCUT2D eigenvalue weighted by atomic mass is 9.99. The van der Waals surface area contributed by atoms with Gasteiger partial charge < -0.3 is 9.47 Å². The molecule has 0 aliphatic carbocycles. The van der Waals surface area contributed by atoms with E-state index in [0.29, 0.717) is 12.2 Å². The number of carbonyl (C=O) groups excluding carboxylic acids is 1. The molecular formula is C18H16O3. The van der Waals surface area contributed by atoms with Gasteiger partial charge in [0, 0.05) is 6.42 Å². The van der Waals surface area contributed by atoms with Crippen molar-refractivity contribution < 1.29 is 14.3 Å². The number of hydrogen-bond donors (Lipinski definition) is 0. The van der Waals surface area contributed by atoms with Crippen molar-refractivity contribution in [2.45, 2.75) is 12.5 Å². The van der Waals surface area contributed by atoms with Crippen molar-refractivity contribution in [1.29, 1.82) is 0 Å². The van der Waals surface area contributed by atoms with Crippen LogP contribution in [0.25, 0.3) is 11.1 Å². The number of carbonyl (C=O) groups is 1. The largest absolute Gasteiger partial charge is 0.501 e. The molecule has 0 spiro atoms. The summed E-state index contributed by atoms with van der Waals surface area (Å²) < 4.78 is 10.5. The molecule has 1 atom stereocenters. The zero-order valence-electron chi connectivity index (χ0n) is 11.8. The standard InChI is InChI=1S/C18H16O3/c1-20-16-11-17(21-18(19)12-16)15-9-7-14(8-10-15)13-5-3-2-4-6-13/h2-10,12,17H,11H2,1H3. The van der Waals surface area contributed by atoms with Crippen molar-refractivity contribution in [3.63, 3.8) is 0 Å². The molecule has 2 aromatic rings. The number of hydrogen-bond acceptors (Lipinski definition) is 3. The van der Waals surface area contributed by atoms with Gasteiger partial charge in [0.25, 0.3) is 0 Å². The van der Waals surface area contributed by atoms with E-state index in [4.69, 9.17) is 9.47 Å². The molecule has 21 heavy (non-hydrogen) atoms. The molecule has 0 aromatic heterocycles. The highest BCUT2D eigenvalue weighted by molar-refractivity contribution is 5.83. The average molecular weight is 280 g/mol. The molecule has 3 rings (SSSR count). The Morgan fingerprint density at radius 2 is 1.67 bits per heavy atom. The minimum atomic E-state index is -0.352. The second-order valence-corrected chi connectivity index (χ2v) is 4.93. The van der Waals surface area contributed by atoms with Crippen LogP contribution in [0.3, 0.4) is 0 Å². The van der Waals surface area contributed by atoms with Crippen LogP contribution in [0.4, 0.5) is 0 Å². The van der Waals surface area contributed by atoms with Crippen LogP contribution in [0.2, 0.25) is 0 Å². The average Bonchev–Trinajstić information content (AvgIpc) is 2.55. The van der Waals surface area contributed by atoms with Gasteiger partial charge in [-0.2, -0.15) is 0 Å². The van der Waals surface area contributed by atoms with Crippen molar-refractivity contribution in [1.82, 2.24) is 0 Å². The van der Waals surface area contributed by atoms with Crippen LogP contribution in [-0.2, 0) is 14.3 Å². The van der Waals surface area contributed by atoms with Crippen LogP contribution >= 0.6 is 0 Å². The van der Waals surface area contributed by atoms with Gasteiger partial charge in [-0.25, -0.2) is 4.79 Å². The first-order valence-electron chi connectivity index (χ1n) is 6.87. The minimum Gasteiger partial charge on any atom is -0.501 e. The van der Waals surface area contributed by atoms with Crippen molar-refractivity contribution in [2.24, 2.45) is 0 Å². The van der Waals surface area contributed by atoms with Gasteiger partial charge in [-0.3, -0.25) is 0 Å². The fraction of sp³-hybridized carbons (Fsp3) is 0.167. The van der Waals surface area contributed by atoms with Gasteiger partial charge in [-0.15, -0.1) is 0 Å². The second-order valence-electron chi connectivity index (χ2n) is 4.93. The van der Waals surface area contributed by atoms with E-state index in [1.807, 2.05) is 42.5 Å². The lowest BCUT2D eigenvalue weighted by Gasteiger charge is -2.22. The first kappa shape index (κ1) is 13.4. The molecule has 0 fully saturated rings. The minimum absolute atomic E-state index is 0.276. The van der Waals surface area contributed by atoms with Crippen LogP contribution in [0.5, 0.6) is 0 Å². The summed E-state index contributed by atoms with van der Waals surface area (Å²) in [6, 6.07) is 18.3. The van der Waals surface area contributed by atoms with Gasteiger partial charge >= 0.3 is 5.97 Å². The first-order chi connectivity index (χ1) is 10.3. The van der Waals surface area contributed by atoms with Crippen molar-refractivity contribution in [3.05, 3.63) is 72.0 Å². The van der Waals surface area contributed by atoms with Crippen LogP contribution in [0, 0.1) is 0 Å². The van der Waals surface area contributed by atoms with Crippen molar-refractivity contribution >= 4 is 5.97 Å². The molecule has 0 radical (unpaired) electrons. The van der Waals surface area contributed by atoms with Crippen LogP contribution in [-0.4, -0.2) is 13.1 Å². The van der Waals surface area contributed by atoms with E-state index >= 15 is 0 Å². The number of esters is 1. The smallest absolute Gasteiger partial charge is 0.334 e. The highest BCUT2D eigenvalue weighted by atomic mass is 16.5. The highest BCUT2D eigenvalue weighted by Crippen LogP contribution is 2.30. The Hall–Kier alpha value is -2.55. The Balaban J connectivity index is 1.82. The summed E-state index contributed by atoms with van der Waals surface area (Å²) in [6.07, 6.45) is 1.70. The van der Waals surface area contributed by atoms with Crippen molar-refractivity contribution in [3.8, 4) is 11.1 Å². The summed E-state index contributed by atoms with van der Waals surface area (Å²) in [6.45, 7) is 0. The Labute approximate surface area is 123 Å². The molecule has 1 heterocycles. The van der Waals surface area contributed by atoms with Crippen LogP contribution < -0.4 is 0 Å². The lowest BCUT2D eigenvalue weighted by Crippen LogP contribution is -2.16. The number of cyclic esters (lactones) is 1. The highest BCUT2D eigenvalue weighted by Gasteiger charge is 2.23. The first-order valence-corrected chi connectivity index (χ1v) is 6.87. The van der Waals surface area contributed by atoms with E-state index in [0.717, 1.165) is 11.1 Å². The van der Waals surface area contributed by atoms with Gasteiger partial charge in [0.15, 0.2) is 0 Å². The molecule has 3 heteroatoms. The molecular weight excluding hydrogens is 264 g/mol. The Morgan fingerprint density at radius 3 is 2.33 bits per heavy atom. The van der Waals surface area contributed by atoms with Gasteiger partial charge in [-0.05, 0) is 16.7 Å². The summed E-state index contributed by atoms with van der Waals surface area (Å²) in [5, 5.41) is 0. The molecule has 1 aliphatic heterocycles. The second kappa shape index (κ2) is 5.83. The maximum atomic E-state index is 11.5. The van der Waals surface area contributed by atoms with E-state index in [1.165, 1.54) is 11.6 Å². The zero-order chi connectivity index (χ0) is 14.7. The van der Waals surface area contributed by atoms with E-state index < -0.39 is 0 Å². The summed E-state index contributed by atoms with van der Waals surface area (Å²) in [5.74, 6) is 0.304. The SMILES string of the molecule is COC1=CC(=O)OC(c2ccc(-c3ccccc3)cc2)C1. The van der Waals surface area contributed by atoms with E-state index in [2.05, 4.69) is 12.1 Å². The summed E-state index contributed by atoms with van der Waals surface area (Å²) in [4.78, 5) is 11.5. The van der Waals surface area contributed by atoms with Gasteiger partial charge in [0.1, 0.15) is 11.9 Å². The van der Waals surface area contributed by atoms with E-state index in [-0.39, 0.29) is 12.1 Å². The molecule has 106 valence electrons. The monoisotopic (exact) mass is 280 g/mol. The summed E-state index contributed by atoms with van der Waals surface area (Å²) >= 11 is 0. The van der Waals surface area contributed by atoms with E-state index in [9.17, 15) is 4.79 Å². The third-order valence-corrected chi connectivity index (χ3v) is 3.58. The van der Waals surface area contributed by atoms with Gasteiger partial charge in [-0.1, -0.05) is 54.6 Å². The fourth-order valence-corrected chi connectivity index (χ4v) is 2.44. The Kier molecular flexibility index (Phi) is 3.73. The predicted molar refractivity (Wildman–Crippen MR) is 80.4 cm³/mol. The maximum Gasteiger partial charge on any atom is 0.334 e. The Bertz CT molecular complexity index is 657. The lowest BCUT2D eigenvalue weighted by molar-refractivity contribution is -0.145. The van der Waals surface area contributed by atoms with Crippen molar-refractivity contribution in [2.75, 3.05) is 7.11 Å². The number of benzene rings is 2. The van der Waals surface area contributed by atoms with Gasteiger partial charge in [0.05, 0.1) is 13.2 Å². The maximum absolute atomic E-state index is 11.5. The zero-order valence-corrected chi connectivity index (χ0v) is 11.8. The fourth-order valence-electron chi connectivity index (χ4n) is 2.44. The quantitative estimate of drug-likeness (QED) is 0.801. The summed E-state index contributed by atoms with van der Waals surface area (Å²) in [7, 11) is 1.57. The molecule has 3 nitrogen and oxygen atoms in total. The third kappa shape index (κ3) is 2.97.